The summed E-state index contributed by atoms with van der Waals surface area (Å²) in [6.07, 6.45) is -4.76. The van der Waals surface area contributed by atoms with Crippen molar-refractivity contribution in [3.05, 3.63) is 112 Å². The first-order chi connectivity index (χ1) is 37.7. The van der Waals surface area contributed by atoms with Gasteiger partial charge in [0, 0.05) is 31.4 Å². The molecule has 0 aliphatic carbocycles. The molecule has 0 saturated carbocycles. The number of aromatic nitrogens is 7. The van der Waals surface area contributed by atoms with E-state index < -0.39 is 107 Å². The highest BCUT2D eigenvalue weighted by Gasteiger charge is 2.56. The molecule has 3 amide bonds. The Labute approximate surface area is 463 Å². The van der Waals surface area contributed by atoms with Crippen molar-refractivity contribution in [2.45, 2.75) is 114 Å². The third kappa shape index (κ3) is 10.4. The summed E-state index contributed by atoms with van der Waals surface area (Å²) in [6, 6.07) is 17.3. The number of fused-ring (bicyclic) bond motifs is 5. The van der Waals surface area contributed by atoms with Crippen LogP contribution < -0.4 is 10.5 Å². The molecule has 11 rings (SSSR count). The first-order valence-corrected chi connectivity index (χ1v) is 33.5. The number of anilines is 1. The van der Waals surface area contributed by atoms with Crippen LogP contribution in [-0.4, -0.2) is 139 Å². The maximum atomic E-state index is 17.5. The first-order valence-electron chi connectivity index (χ1n) is 25.5. The zero-order valence-electron chi connectivity index (χ0n) is 43.4. The van der Waals surface area contributed by atoms with Crippen LogP contribution in [0.15, 0.2) is 84.6 Å². The molecule has 3 fully saturated rings. The highest BCUT2D eigenvalue weighted by molar-refractivity contribution is 8.07. The quantitative estimate of drug-likeness (QED) is 0.0617. The molecule has 10 atom stereocenters. The molecule has 79 heavy (non-hydrogen) atoms. The lowest BCUT2D eigenvalue weighted by atomic mass is 10.1. The van der Waals surface area contributed by atoms with Crippen molar-refractivity contribution in [2.24, 2.45) is 0 Å². The number of aryl methyl sites for hydroxylation is 1. The zero-order chi connectivity index (χ0) is 55.8. The summed E-state index contributed by atoms with van der Waals surface area (Å²) in [5.74, 6) is -0.856. The van der Waals surface area contributed by atoms with E-state index >= 15 is 4.39 Å². The second kappa shape index (κ2) is 21.5. The van der Waals surface area contributed by atoms with Crippen LogP contribution >= 0.6 is 13.4 Å². The maximum Gasteiger partial charge on any atom is 0.327 e. The molecule has 2 aromatic carbocycles. The van der Waals surface area contributed by atoms with Crippen LogP contribution in [0.1, 0.15) is 82.7 Å². The Bertz CT molecular complexity index is 3560. The number of imide groups is 1. The number of amides is 3. The number of nitrogens with zero attached hydrogens (tertiary/aromatic N) is 10. The monoisotopic (exact) mass is 1180 g/mol. The lowest BCUT2D eigenvalue weighted by Crippen LogP contribution is -2.50. The lowest BCUT2D eigenvalue weighted by Gasteiger charge is -2.41. The molecule has 23 nitrogen and oxygen atoms in total. The largest absolute Gasteiger partial charge is 0.408 e. The number of nitriles is 1. The number of imidazole rings is 1. The SMILES string of the molecule is CC(C)(C)[Si](C)(C)O[C@H]1[C@H]2OP(=S)(OCCC#N)OC[C@H]3O[C@@H](n4cc5c6c(ncnc64)N(C(=O)c4ccccc4)CCC5)[C@H](F)[C@@H]3OP(O)(=S)OC[C@H]1O[C@H]2n1cnc2c(=O)n(CCN3C(=O)c4ccccc4C3=O)cnc21. The van der Waals surface area contributed by atoms with Crippen LogP contribution in [0.5, 0.6) is 0 Å². The van der Waals surface area contributed by atoms with E-state index in [1.54, 1.807) is 59.6 Å². The molecule has 2 bridgehead atoms. The number of hydrogen-bond donors (Lipinski definition) is 1. The van der Waals surface area contributed by atoms with Crippen molar-refractivity contribution >= 4 is 91.1 Å². The number of carbonyl (C=O) groups excluding carboxylic acids is 3. The second-order valence-corrected chi connectivity index (χ2v) is 31.6. The van der Waals surface area contributed by atoms with Gasteiger partial charge in [0.2, 0.25) is 0 Å². The van der Waals surface area contributed by atoms with E-state index in [4.69, 9.17) is 60.1 Å². The van der Waals surface area contributed by atoms with E-state index in [0.717, 1.165) is 10.5 Å². The number of benzene rings is 2. The van der Waals surface area contributed by atoms with E-state index in [1.807, 2.05) is 46.0 Å². The van der Waals surface area contributed by atoms with Crippen LogP contribution in [0.3, 0.4) is 0 Å². The van der Waals surface area contributed by atoms with Crippen LogP contribution in [0.2, 0.25) is 18.1 Å². The lowest BCUT2D eigenvalue weighted by molar-refractivity contribution is -0.0615. The predicted octanol–water partition coefficient (Wildman–Crippen LogP) is 6.64. The van der Waals surface area contributed by atoms with Crippen molar-refractivity contribution in [2.75, 3.05) is 37.8 Å². The van der Waals surface area contributed by atoms with Gasteiger partial charge < -0.3 is 36.9 Å². The molecule has 5 aliphatic rings. The number of rotatable bonds is 11. The minimum atomic E-state index is -4.44. The van der Waals surface area contributed by atoms with Crippen LogP contribution in [0.4, 0.5) is 10.2 Å². The second-order valence-electron chi connectivity index (χ2n) is 21.1. The number of halogens is 1. The average molecular weight is 1180 g/mol. The fraction of sp³-hybridized carbons (Fsp3) is 0.460. The van der Waals surface area contributed by atoms with Gasteiger partial charge in [-0.15, -0.1) is 0 Å². The molecule has 6 aromatic rings. The normalized spacial score (nSPS) is 28.5. The summed E-state index contributed by atoms with van der Waals surface area (Å²) >= 11 is 11.8. The highest BCUT2D eigenvalue weighted by Crippen LogP contribution is 2.58. The molecule has 4 aromatic heterocycles. The minimum absolute atomic E-state index is 0.0476. The predicted molar refractivity (Wildman–Crippen MR) is 291 cm³/mol. The Morgan fingerprint density at radius 3 is 2.32 bits per heavy atom. The Morgan fingerprint density at radius 1 is 0.886 bits per heavy atom. The van der Waals surface area contributed by atoms with Gasteiger partial charge in [0.25, 0.3) is 23.3 Å². The van der Waals surface area contributed by atoms with Gasteiger partial charge in [-0.2, -0.15) is 5.26 Å². The van der Waals surface area contributed by atoms with E-state index in [0.29, 0.717) is 36.2 Å². The molecule has 0 radical (unpaired) electrons. The standard InChI is InChI=1S/C50H55FN10O13P2S2Si/c1-50(2,3)79(4,5)74-39-34-24-68-75(66,77)72-38-33(70-48(36(38)51)60-23-30-15-11-19-58(41-35(30)42(60)54-26-53-41)44(62)29-13-7-6-8-14-29)25-69-76(78,67-22-12-18-52)73-40(39)49(71-34)61-28-55-37-43(61)56-27-57(47(37)65)20-21-59-45(63)31-16-9-10-17-32(31)46(59)64/h6-10,13-14,16-17,23,26-28,33-34,36,38-40,48-49H,11-12,15,19-22,24-25H2,1-5H3,(H,66,77)/t33-,34-,36-,38-,39-,40-,48-,49-,75?,76?/m1/s1. The Morgan fingerprint density at radius 2 is 1.59 bits per heavy atom. The van der Waals surface area contributed by atoms with Crippen LogP contribution in [0, 0.1) is 11.3 Å². The van der Waals surface area contributed by atoms with Gasteiger partial charge >= 0.3 is 13.4 Å². The number of carbonyl (C=O) groups is 3. The summed E-state index contributed by atoms with van der Waals surface area (Å²) < 4.78 is 73.8. The smallest absolute Gasteiger partial charge is 0.327 e. The Hall–Kier alpha value is -5.40. The van der Waals surface area contributed by atoms with Crippen molar-refractivity contribution in [1.82, 2.24) is 38.5 Å². The highest BCUT2D eigenvalue weighted by atomic mass is 32.5. The number of hydrogen-bond acceptors (Lipinski definition) is 19. The molecule has 29 heteroatoms. The maximum absolute atomic E-state index is 17.5. The van der Waals surface area contributed by atoms with Gasteiger partial charge in [0.1, 0.15) is 54.6 Å². The van der Waals surface area contributed by atoms with Gasteiger partial charge in [-0.05, 0) is 84.4 Å². The van der Waals surface area contributed by atoms with Crippen LogP contribution in [-0.2, 0) is 73.1 Å². The molecule has 0 spiro atoms. The average Bonchev–Trinajstić information content (AvgIpc) is 4.37. The summed E-state index contributed by atoms with van der Waals surface area (Å²) in [5.41, 5.74) is 1.41. The fourth-order valence-electron chi connectivity index (χ4n) is 10.1. The van der Waals surface area contributed by atoms with Gasteiger partial charge in [-0.1, -0.05) is 51.1 Å². The molecule has 9 heterocycles. The van der Waals surface area contributed by atoms with Crippen molar-refractivity contribution in [3.63, 3.8) is 0 Å². The fourth-order valence-corrected chi connectivity index (χ4v) is 14.9. The van der Waals surface area contributed by atoms with Crippen LogP contribution in [0.25, 0.3) is 22.2 Å². The van der Waals surface area contributed by atoms with Gasteiger partial charge in [0.05, 0.1) is 55.2 Å². The van der Waals surface area contributed by atoms with Crippen molar-refractivity contribution < 1.29 is 60.2 Å². The van der Waals surface area contributed by atoms with Crippen molar-refractivity contribution in [3.8, 4) is 6.07 Å². The Kier molecular flexibility index (Phi) is 15.1. The first kappa shape index (κ1) is 55.5. The van der Waals surface area contributed by atoms with Gasteiger partial charge in [-0.3, -0.25) is 47.2 Å². The molecular formula is C50H55FN10O13P2S2Si. The minimum Gasteiger partial charge on any atom is -0.408 e. The summed E-state index contributed by atoms with van der Waals surface area (Å²) in [6.45, 7) is 0.400. The van der Waals surface area contributed by atoms with Gasteiger partial charge in [-0.25, -0.2) is 24.3 Å². The third-order valence-electron chi connectivity index (χ3n) is 15.1. The molecule has 1 N–H and O–H groups in total. The number of alkyl halides is 1. The van der Waals surface area contributed by atoms with E-state index in [-0.39, 0.29) is 60.0 Å². The number of ether oxygens (including phenoxy) is 2. The van der Waals surface area contributed by atoms with E-state index in [9.17, 15) is 29.3 Å². The molecule has 5 aliphatic heterocycles. The third-order valence-corrected chi connectivity index (χ3v) is 23.5. The molecule has 416 valence electrons. The Balaban J connectivity index is 0.925. The van der Waals surface area contributed by atoms with Gasteiger partial charge in [0.15, 0.2) is 38.1 Å². The zero-order valence-corrected chi connectivity index (χ0v) is 47.8. The summed E-state index contributed by atoms with van der Waals surface area (Å²) in [7, 11) is -2.82. The van der Waals surface area contributed by atoms with E-state index in [1.165, 1.54) is 32.7 Å². The van der Waals surface area contributed by atoms with E-state index in [2.05, 4.69) is 19.9 Å². The summed E-state index contributed by atoms with van der Waals surface area (Å²) in [5, 5.41) is 9.78. The molecular weight excluding hydrogens is 1120 g/mol. The topological polar surface area (TPSA) is 259 Å². The molecule has 3 saturated heterocycles. The summed E-state index contributed by atoms with van der Waals surface area (Å²) in [4.78, 5) is 87.1. The molecule has 2 unspecified atom stereocenters. The van der Waals surface area contributed by atoms with Crippen molar-refractivity contribution in [1.29, 1.82) is 5.26 Å².